The number of phenols is 1. The van der Waals surface area contributed by atoms with Crippen molar-refractivity contribution < 1.29 is 24.2 Å². The number of amides is 3. The number of phenolic OH excluding ortho intramolecular Hbond substituents is 1. The normalized spacial score (nSPS) is 31.9. The van der Waals surface area contributed by atoms with Crippen LogP contribution in [0.25, 0.3) is 0 Å². The molecule has 0 unspecified atom stereocenters. The van der Waals surface area contributed by atoms with Crippen molar-refractivity contribution in [2.45, 2.75) is 36.9 Å². The number of hydrogen-bond donors (Lipinski definition) is 3. The van der Waals surface area contributed by atoms with Crippen molar-refractivity contribution in [3.63, 3.8) is 0 Å². The molecule has 0 aliphatic carbocycles. The Bertz CT molecular complexity index is 1200. The Balaban J connectivity index is 1.43. The zero-order valence-electron chi connectivity index (χ0n) is 18.3. The van der Waals surface area contributed by atoms with E-state index in [1.165, 1.54) is 4.90 Å². The molecule has 0 saturated carbocycles. The Morgan fingerprint density at radius 2 is 1.91 bits per heavy atom. The summed E-state index contributed by atoms with van der Waals surface area (Å²) in [6.45, 7) is 0.853. The molecule has 9 heteroatoms. The highest BCUT2D eigenvalue weighted by molar-refractivity contribution is 9.10. The molecule has 0 radical (unpaired) electrons. The van der Waals surface area contributed by atoms with E-state index in [0.717, 1.165) is 22.9 Å². The Labute approximate surface area is 204 Å². The highest BCUT2D eigenvalue weighted by atomic mass is 79.9. The monoisotopic (exact) mass is 525 g/mol. The molecule has 5 atom stereocenters. The van der Waals surface area contributed by atoms with E-state index in [4.69, 9.17) is 4.74 Å². The van der Waals surface area contributed by atoms with E-state index in [-0.39, 0.29) is 36.1 Å². The predicted octanol–water partition coefficient (Wildman–Crippen LogP) is 2.30. The minimum Gasteiger partial charge on any atom is -0.508 e. The minimum absolute atomic E-state index is 0.154. The van der Waals surface area contributed by atoms with Crippen LogP contribution in [0.2, 0.25) is 0 Å². The highest BCUT2D eigenvalue weighted by Crippen LogP contribution is 2.53. The molecule has 3 fully saturated rings. The zero-order chi connectivity index (χ0) is 23.6. The van der Waals surface area contributed by atoms with E-state index < -0.39 is 23.4 Å². The number of rotatable bonds is 4. The van der Waals surface area contributed by atoms with Crippen LogP contribution in [0, 0.1) is 11.8 Å². The molecular weight excluding hydrogens is 502 g/mol. The second-order valence-electron chi connectivity index (χ2n) is 9.50. The van der Waals surface area contributed by atoms with Crippen LogP contribution < -0.4 is 10.6 Å². The van der Waals surface area contributed by atoms with Crippen molar-refractivity contribution >= 4 is 39.3 Å². The summed E-state index contributed by atoms with van der Waals surface area (Å²) in [7, 11) is 0. The number of nitrogens with one attached hydrogen (secondary N) is 2. The van der Waals surface area contributed by atoms with E-state index in [1.807, 2.05) is 12.1 Å². The summed E-state index contributed by atoms with van der Waals surface area (Å²) >= 11 is 3.49. The first-order valence-electron chi connectivity index (χ1n) is 11.5. The fourth-order valence-corrected chi connectivity index (χ4v) is 6.43. The van der Waals surface area contributed by atoms with Crippen molar-refractivity contribution in [1.29, 1.82) is 0 Å². The quantitative estimate of drug-likeness (QED) is 0.528. The Morgan fingerprint density at radius 3 is 2.65 bits per heavy atom. The number of aromatic hydroxyl groups is 1. The number of carbonyl (C=O) groups excluding carboxylic acids is 3. The van der Waals surface area contributed by atoms with E-state index in [0.29, 0.717) is 24.3 Å². The molecule has 34 heavy (non-hydrogen) atoms. The summed E-state index contributed by atoms with van der Waals surface area (Å²) in [5.41, 5.74) is 0.887. The van der Waals surface area contributed by atoms with Crippen molar-refractivity contribution in [3.8, 4) is 5.75 Å². The second kappa shape index (κ2) is 7.90. The summed E-state index contributed by atoms with van der Waals surface area (Å²) < 4.78 is 6.49. The molecule has 2 aromatic rings. The summed E-state index contributed by atoms with van der Waals surface area (Å²) in [4.78, 5) is 42.4. The third-order valence-corrected chi connectivity index (χ3v) is 8.06. The van der Waals surface area contributed by atoms with Gasteiger partial charge in [0, 0.05) is 28.4 Å². The fraction of sp³-hybridized carbons (Fsp3) is 0.400. The molecule has 0 aromatic heterocycles. The average Bonchev–Trinajstić information content (AvgIpc) is 3.56. The number of fused-ring (bicyclic) bond motifs is 4. The molecule has 2 aromatic carbocycles. The standard InChI is InChI=1S/C25H24BrN3O5/c26-14-5-8-18-17(11-14)25(24(33)27-18)21-20(19(28-25)10-13-3-6-15(30)7-4-13)22(31)29(23(21)32)12-16-2-1-9-34-16/h3-8,11,16,19-21,28,30H,1-2,9-10,12H2,(H,27,33)/t16-,19-,20-,21+,25+/m0/s1. The maximum atomic E-state index is 13.8. The van der Waals surface area contributed by atoms with Crippen LogP contribution >= 0.6 is 15.9 Å². The van der Waals surface area contributed by atoms with Gasteiger partial charge < -0.3 is 15.2 Å². The molecular formula is C25H24BrN3O5. The number of ether oxygens (including phenoxy) is 1. The molecule has 176 valence electrons. The molecule has 4 aliphatic rings. The van der Waals surface area contributed by atoms with E-state index >= 15 is 0 Å². The van der Waals surface area contributed by atoms with Gasteiger partial charge in [-0.3, -0.25) is 24.6 Å². The maximum absolute atomic E-state index is 13.8. The highest BCUT2D eigenvalue weighted by Gasteiger charge is 2.70. The number of imide groups is 1. The number of anilines is 1. The smallest absolute Gasteiger partial charge is 0.250 e. The molecule has 8 nitrogen and oxygen atoms in total. The van der Waals surface area contributed by atoms with Gasteiger partial charge in [0.25, 0.3) is 0 Å². The zero-order valence-corrected chi connectivity index (χ0v) is 19.9. The van der Waals surface area contributed by atoms with Gasteiger partial charge in [-0.1, -0.05) is 28.1 Å². The number of carbonyl (C=O) groups is 3. The number of halogens is 1. The van der Waals surface area contributed by atoms with Crippen LogP contribution in [0.4, 0.5) is 5.69 Å². The summed E-state index contributed by atoms with van der Waals surface area (Å²) in [6.07, 6.45) is 1.99. The molecule has 3 amide bonds. The lowest BCUT2D eigenvalue weighted by atomic mass is 9.76. The van der Waals surface area contributed by atoms with E-state index in [9.17, 15) is 19.5 Å². The van der Waals surface area contributed by atoms with Crippen LogP contribution in [0.5, 0.6) is 5.75 Å². The van der Waals surface area contributed by atoms with Crippen LogP contribution in [0.15, 0.2) is 46.9 Å². The second-order valence-corrected chi connectivity index (χ2v) is 10.4. The molecule has 3 saturated heterocycles. The van der Waals surface area contributed by atoms with Crippen LogP contribution in [-0.2, 0) is 31.1 Å². The number of nitrogens with zero attached hydrogens (tertiary/aromatic N) is 1. The van der Waals surface area contributed by atoms with Gasteiger partial charge in [0.1, 0.15) is 11.3 Å². The molecule has 1 spiro atoms. The lowest BCUT2D eigenvalue weighted by Crippen LogP contribution is -2.54. The molecule has 0 bridgehead atoms. The van der Waals surface area contributed by atoms with E-state index in [2.05, 4.69) is 26.6 Å². The molecule has 6 rings (SSSR count). The fourth-order valence-electron chi connectivity index (χ4n) is 6.07. The van der Waals surface area contributed by atoms with Crippen LogP contribution in [0.1, 0.15) is 24.0 Å². The molecule has 3 N–H and O–H groups in total. The molecule has 4 heterocycles. The lowest BCUT2D eigenvalue weighted by molar-refractivity contribution is -0.144. The topological polar surface area (TPSA) is 108 Å². The number of likely N-dealkylation sites (tertiary alicyclic amines) is 1. The average molecular weight is 526 g/mol. The first-order valence-corrected chi connectivity index (χ1v) is 12.3. The SMILES string of the molecule is O=C1[C@H]2[C@H](Cc3ccc(O)cc3)N[C@@]3(C(=O)Nc4ccc(Br)cc43)[C@H]2C(=O)N1C[C@@H]1CCCO1. The van der Waals surface area contributed by atoms with Gasteiger partial charge >= 0.3 is 0 Å². The van der Waals surface area contributed by atoms with Gasteiger partial charge in [-0.15, -0.1) is 0 Å². The number of benzene rings is 2. The van der Waals surface area contributed by atoms with Crippen molar-refractivity contribution in [2.75, 3.05) is 18.5 Å². The van der Waals surface area contributed by atoms with Gasteiger partial charge in [-0.25, -0.2) is 0 Å². The van der Waals surface area contributed by atoms with Gasteiger partial charge in [-0.2, -0.15) is 0 Å². The maximum Gasteiger partial charge on any atom is 0.250 e. The first kappa shape index (κ1) is 21.8. The molecule has 4 aliphatic heterocycles. The van der Waals surface area contributed by atoms with Gasteiger partial charge in [0.15, 0.2) is 0 Å². The Kier molecular flexibility index (Phi) is 5.05. The van der Waals surface area contributed by atoms with Gasteiger partial charge in [-0.05, 0) is 55.2 Å². The Morgan fingerprint density at radius 1 is 1.12 bits per heavy atom. The summed E-state index contributed by atoms with van der Waals surface area (Å²) in [6, 6.07) is 11.8. The Hall–Kier alpha value is -2.75. The predicted molar refractivity (Wildman–Crippen MR) is 126 cm³/mol. The van der Waals surface area contributed by atoms with Crippen molar-refractivity contribution in [3.05, 3.63) is 58.1 Å². The van der Waals surface area contributed by atoms with Crippen LogP contribution in [0.3, 0.4) is 0 Å². The first-order chi connectivity index (χ1) is 16.4. The largest absolute Gasteiger partial charge is 0.508 e. The number of hydrogen-bond acceptors (Lipinski definition) is 6. The van der Waals surface area contributed by atoms with Crippen LogP contribution in [-0.4, -0.2) is 53.0 Å². The third kappa shape index (κ3) is 3.14. The van der Waals surface area contributed by atoms with Crippen molar-refractivity contribution in [2.24, 2.45) is 11.8 Å². The lowest BCUT2D eigenvalue weighted by Gasteiger charge is -2.30. The summed E-state index contributed by atoms with van der Waals surface area (Å²) in [5, 5.41) is 16.0. The third-order valence-electron chi connectivity index (χ3n) is 7.57. The van der Waals surface area contributed by atoms with Gasteiger partial charge in [0.05, 0.1) is 24.5 Å². The summed E-state index contributed by atoms with van der Waals surface area (Å²) in [5.74, 6) is -2.27. The minimum atomic E-state index is -1.33. The van der Waals surface area contributed by atoms with Crippen molar-refractivity contribution in [1.82, 2.24) is 10.2 Å². The van der Waals surface area contributed by atoms with E-state index in [1.54, 1.807) is 30.3 Å². The van der Waals surface area contributed by atoms with Gasteiger partial charge in [0.2, 0.25) is 17.7 Å².